The van der Waals surface area contributed by atoms with Crippen LogP contribution in [-0.2, 0) is 3.79 Å². The predicted octanol–water partition coefficient (Wildman–Crippen LogP) is 3.67. The lowest BCUT2D eigenvalue weighted by molar-refractivity contribution is 1.07. The summed E-state index contributed by atoms with van der Waals surface area (Å²) < 4.78 is -0.787. The van der Waals surface area contributed by atoms with E-state index in [1.165, 1.54) is 0 Å². The minimum atomic E-state index is -1.44. The fourth-order valence-electron chi connectivity index (χ4n) is 0.566. The topological polar surface area (TPSA) is 12.9 Å². The molecule has 0 radical (unpaired) electrons. The van der Waals surface area contributed by atoms with Crippen LogP contribution in [0.15, 0.2) is 22.8 Å². The van der Waals surface area contributed by atoms with Gasteiger partial charge < -0.3 is 0 Å². The number of pyridine rings is 1. The molecule has 0 bridgehead atoms. The highest BCUT2D eigenvalue weighted by atomic mass is 79.9. The molecule has 1 aromatic heterocycles. The van der Waals surface area contributed by atoms with Crippen LogP contribution in [0.4, 0.5) is 0 Å². The van der Waals surface area contributed by atoms with Crippen LogP contribution in [0.25, 0.3) is 0 Å². The zero-order chi connectivity index (χ0) is 8.48. The Morgan fingerprint density at radius 3 is 2.27 bits per heavy atom. The quantitative estimate of drug-likeness (QED) is 0.520. The number of halogens is 4. The molecular formula is C6H3BrCl3N. The maximum Gasteiger partial charge on any atom is 0.232 e. The van der Waals surface area contributed by atoms with Gasteiger partial charge in [0, 0.05) is 0 Å². The maximum atomic E-state index is 5.58. The Hall–Kier alpha value is 0.500. The normalized spacial score (nSPS) is 11.6. The van der Waals surface area contributed by atoms with Crippen molar-refractivity contribution in [3.05, 3.63) is 28.5 Å². The Bertz CT molecular complexity index is 258. The summed E-state index contributed by atoms with van der Waals surface area (Å²) >= 11 is 19.9. The van der Waals surface area contributed by atoms with E-state index in [2.05, 4.69) is 20.9 Å². The summed E-state index contributed by atoms with van der Waals surface area (Å²) in [6.07, 6.45) is 0. The first-order valence-corrected chi connectivity index (χ1v) is 4.62. The molecule has 0 aromatic carbocycles. The largest absolute Gasteiger partial charge is 0.241 e. The van der Waals surface area contributed by atoms with Crippen LogP contribution in [0.1, 0.15) is 5.69 Å². The SMILES string of the molecule is ClC(Cl)(Cl)c1cccc(Br)n1. The highest BCUT2D eigenvalue weighted by molar-refractivity contribution is 9.10. The first kappa shape index (κ1) is 9.59. The van der Waals surface area contributed by atoms with Gasteiger partial charge in [0.05, 0.1) is 5.69 Å². The van der Waals surface area contributed by atoms with E-state index in [1.807, 2.05) is 0 Å². The second-order valence-electron chi connectivity index (χ2n) is 1.84. The average molecular weight is 275 g/mol. The first-order valence-electron chi connectivity index (χ1n) is 2.70. The molecule has 1 rings (SSSR count). The second kappa shape index (κ2) is 3.48. The number of aromatic nitrogens is 1. The molecule has 5 heteroatoms. The smallest absolute Gasteiger partial charge is 0.232 e. The summed E-state index contributed by atoms with van der Waals surface area (Å²) in [5, 5.41) is 0. The molecule has 0 fully saturated rings. The standard InChI is InChI=1S/C6H3BrCl3N/c7-5-3-1-2-4(11-5)6(8,9)10/h1-3H. The lowest BCUT2D eigenvalue weighted by Crippen LogP contribution is -2.02. The maximum absolute atomic E-state index is 5.58. The Balaban J connectivity index is 3.06. The highest BCUT2D eigenvalue weighted by Crippen LogP contribution is 2.37. The van der Waals surface area contributed by atoms with Gasteiger partial charge in [-0.05, 0) is 28.1 Å². The van der Waals surface area contributed by atoms with Gasteiger partial charge in [-0.25, -0.2) is 4.98 Å². The number of hydrogen-bond acceptors (Lipinski definition) is 1. The molecule has 1 heterocycles. The highest BCUT2D eigenvalue weighted by Gasteiger charge is 2.24. The number of alkyl halides is 3. The molecule has 0 amide bonds. The van der Waals surface area contributed by atoms with Crippen molar-refractivity contribution in [3.8, 4) is 0 Å². The molecule has 0 N–H and O–H groups in total. The van der Waals surface area contributed by atoms with Gasteiger partial charge in [0.2, 0.25) is 3.79 Å². The van der Waals surface area contributed by atoms with Crippen molar-refractivity contribution in [2.24, 2.45) is 0 Å². The molecule has 0 atom stereocenters. The fourth-order valence-corrected chi connectivity index (χ4v) is 1.23. The van der Waals surface area contributed by atoms with Gasteiger partial charge in [0.1, 0.15) is 4.60 Å². The van der Waals surface area contributed by atoms with Crippen LogP contribution in [0, 0.1) is 0 Å². The average Bonchev–Trinajstić information content (AvgIpc) is 1.86. The summed E-state index contributed by atoms with van der Waals surface area (Å²) in [6, 6.07) is 5.17. The summed E-state index contributed by atoms with van der Waals surface area (Å²) in [5.41, 5.74) is 0.414. The lowest BCUT2D eigenvalue weighted by atomic mass is 10.4. The molecule has 0 saturated heterocycles. The molecule has 1 aromatic rings. The van der Waals surface area contributed by atoms with E-state index < -0.39 is 3.79 Å². The molecule has 60 valence electrons. The van der Waals surface area contributed by atoms with Gasteiger partial charge in [0.15, 0.2) is 0 Å². The van der Waals surface area contributed by atoms with E-state index in [-0.39, 0.29) is 0 Å². The molecular weight excluding hydrogens is 272 g/mol. The van der Waals surface area contributed by atoms with Gasteiger partial charge in [-0.1, -0.05) is 40.9 Å². The van der Waals surface area contributed by atoms with Crippen molar-refractivity contribution < 1.29 is 0 Å². The van der Waals surface area contributed by atoms with Gasteiger partial charge in [-0.15, -0.1) is 0 Å². The minimum absolute atomic E-state index is 0.414. The summed E-state index contributed by atoms with van der Waals surface area (Å²) in [5.74, 6) is 0. The fraction of sp³-hybridized carbons (Fsp3) is 0.167. The molecule has 1 nitrogen and oxygen atoms in total. The summed E-state index contributed by atoms with van der Waals surface area (Å²) in [7, 11) is 0. The van der Waals surface area contributed by atoms with Crippen molar-refractivity contribution in [1.29, 1.82) is 0 Å². The van der Waals surface area contributed by atoms with Gasteiger partial charge >= 0.3 is 0 Å². The Kier molecular flexibility index (Phi) is 3.03. The van der Waals surface area contributed by atoms with Gasteiger partial charge in [-0.2, -0.15) is 0 Å². The molecule has 0 saturated carbocycles. The van der Waals surface area contributed by atoms with Crippen molar-refractivity contribution in [2.45, 2.75) is 3.79 Å². The molecule has 0 aliphatic carbocycles. The van der Waals surface area contributed by atoms with E-state index >= 15 is 0 Å². The monoisotopic (exact) mass is 273 g/mol. The number of rotatable bonds is 0. The minimum Gasteiger partial charge on any atom is -0.241 e. The summed E-state index contributed by atoms with van der Waals surface area (Å²) in [4.78, 5) is 3.97. The second-order valence-corrected chi connectivity index (χ2v) is 4.94. The number of hydrogen-bond donors (Lipinski definition) is 0. The van der Waals surface area contributed by atoms with Gasteiger partial charge in [0.25, 0.3) is 0 Å². The van der Waals surface area contributed by atoms with Crippen LogP contribution >= 0.6 is 50.7 Å². The third-order valence-corrected chi connectivity index (χ3v) is 2.03. The van der Waals surface area contributed by atoms with E-state index in [9.17, 15) is 0 Å². The van der Waals surface area contributed by atoms with Crippen molar-refractivity contribution in [1.82, 2.24) is 4.98 Å². The van der Waals surface area contributed by atoms with Gasteiger partial charge in [-0.3, -0.25) is 0 Å². The zero-order valence-corrected chi connectivity index (χ0v) is 9.04. The molecule has 0 aliphatic rings. The van der Waals surface area contributed by atoms with Crippen LogP contribution in [0.5, 0.6) is 0 Å². The summed E-state index contributed by atoms with van der Waals surface area (Å²) in [6.45, 7) is 0. The van der Waals surface area contributed by atoms with Crippen molar-refractivity contribution in [3.63, 3.8) is 0 Å². The van der Waals surface area contributed by atoms with Crippen LogP contribution in [-0.4, -0.2) is 4.98 Å². The van der Waals surface area contributed by atoms with E-state index in [0.29, 0.717) is 10.3 Å². The van der Waals surface area contributed by atoms with E-state index in [0.717, 1.165) is 0 Å². The van der Waals surface area contributed by atoms with Crippen molar-refractivity contribution in [2.75, 3.05) is 0 Å². The molecule has 11 heavy (non-hydrogen) atoms. The number of nitrogens with zero attached hydrogens (tertiary/aromatic N) is 1. The third-order valence-electron chi connectivity index (χ3n) is 1.01. The Morgan fingerprint density at radius 1 is 1.27 bits per heavy atom. The van der Waals surface area contributed by atoms with Crippen LogP contribution < -0.4 is 0 Å². The van der Waals surface area contributed by atoms with Crippen LogP contribution in [0.3, 0.4) is 0 Å². The van der Waals surface area contributed by atoms with E-state index in [4.69, 9.17) is 34.8 Å². The molecule has 0 spiro atoms. The Morgan fingerprint density at radius 2 is 1.91 bits per heavy atom. The Labute approximate surface area is 87.8 Å². The predicted molar refractivity (Wildman–Crippen MR) is 51.2 cm³/mol. The van der Waals surface area contributed by atoms with Crippen LogP contribution in [0.2, 0.25) is 0 Å². The molecule has 0 unspecified atom stereocenters. The van der Waals surface area contributed by atoms with E-state index in [1.54, 1.807) is 18.2 Å². The lowest BCUT2D eigenvalue weighted by Gasteiger charge is -2.08. The zero-order valence-electron chi connectivity index (χ0n) is 5.19. The molecule has 0 aliphatic heterocycles. The third kappa shape index (κ3) is 2.79. The first-order chi connectivity index (χ1) is 5.00. The van der Waals surface area contributed by atoms with Crippen molar-refractivity contribution >= 4 is 50.7 Å².